The Morgan fingerprint density at radius 3 is 2.55 bits per heavy atom. The lowest BCUT2D eigenvalue weighted by atomic mass is 10.1. The number of nitrogens with one attached hydrogen (secondary N) is 1. The summed E-state index contributed by atoms with van der Waals surface area (Å²) in [6.07, 6.45) is 1.67. The molecule has 0 atom stereocenters. The molecule has 144 valence electrons. The molecule has 4 rings (SSSR count). The van der Waals surface area contributed by atoms with E-state index in [4.69, 9.17) is 9.15 Å². The van der Waals surface area contributed by atoms with Crippen LogP contribution in [0, 0.1) is 6.92 Å². The normalized spacial score (nSPS) is 10.6. The number of nitrogens with zero attached hydrogens (tertiary/aromatic N) is 1. The van der Waals surface area contributed by atoms with Crippen LogP contribution in [0.25, 0.3) is 22.8 Å². The van der Waals surface area contributed by atoms with Gasteiger partial charge in [0.25, 0.3) is 5.91 Å². The van der Waals surface area contributed by atoms with E-state index in [1.165, 1.54) is 0 Å². The number of aromatic nitrogens is 1. The largest absolute Gasteiger partial charge is 0.495 e. The molecule has 0 spiro atoms. The zero-order chi connectivity index (χ0) is 20.2. The van der Waals surface area contributed by atoms with E-state index in [1.54, 1.807) is 19.4 Å². The first-order valence-corrected chi connectivity index (χ1v) is 9.22. The molecule has 0 aliphatic carbocycles. The summed E-state index contributed by atoms with van der Waals surface area (Å²) < 4.78 is 11.3. The summed E-state index contributed by atoms with van der Waals surface area (Å²) in [5.41, 5.74) is 3.66. The third-order valence-electron chi connectivity index (χ3n) is 4.57. The Kier molecular flexibility index (Phi) is 5.12. The summed E-state index contributed by atoms with van der Waals surface area (Å²) >= 11 is 0. The van der Waals surface area contributed by atoms with Crippen molar-refractivity contribution >= 4 is 11.6 Å². The number of oxazole rings is 1. The number of carbonyl (C=O) groups is 1. The Bertz CT molecular complexity index is 1150. The molecule has 1 aromatic heterocycles. The minimum atomic E-state index is -0.260. The lowest BCUT2D eigenvalue weighted by Gasteiger charge is -2.12. The highest BCUT2D eigenvalue weighted by molar-refractivity contribution is 6.08. The molecule has 5 nitrogen and oxygen atoms in total. The second kappa shape index (κ2) is 8.02. The van der Waals surface area contributed by atoms with Gasteiger partial charge >= 0.3 is 0 Å². The van der Waals surface area contributed by atoms with Crippen LogP contribution in [-0.2, 0) is 0 Å². The number of hydrogen-bond donors (Lipinski definition) is 1. The molecule has 4 aromatic rings. The van der Waals surface area contributed by atoms with Crippen LogP contribution in [0.4, 0.5) is 5.69 Å². The van der Waals surface area contributed by atoms with Crippen molar-refractivity contribution in [3.05, 3.63) is 90.1 Å². The van der Waals surface area contributed by atoms with E-state index in [-0.39, 0.29) is 5.91 Å². The maximum Gasteiger partial charge on any atom is 0.256 e. The van der Waals surface area contributed by atoms with Gasteiger partial charge in [0, 0.05) is 11.1 Å². The van der Waals surface area contributed by atoms with Gasteiger partial charge in [-0.1, -0.05) is 48.5 Å². The van der Waals surface area contributed by atoms with Crippen molar-refractivity contribution in [2.24, 2.45) is 0 Å². The molecule has 0 unspecified atom stereocenters. The molecule has 1 amide bonds. The first-order valence-electron chi connectivity index (χ1n) is 9.22. The van der Waals surface area contributed by atoms with Crippen molar-refractivity contribution in [3.8, 4) is 28.5 Å². The Morgan fingerprint density at radius 2 is 1.76 bits per heavy atom. The minimum absolute atomic E-state index is 0.260. The van der Waals surface area contributed by atoms with Gasteiger partial charge in [-0.2, -0.15) is 0 Å². The fourth-order valence-electron chi connectivity index (χ4n) is 3.11. The molecule has 0 aliphatic rings. The van der Waals surface area contributed by atoms with Gasteiger partial charge in [-0.05, 0) is 36.8 Å². The lowest BCUT2D eigenvalue weighted by molar-refractivity contribution is 0.102. The minimum Gasteiger partial charge on any atom is -0.495 e. The van der Waals surface area contributed by atoms with Gasteiger partial charge in [0.15, 0.2) is 5.76 Å². The van der Waals surface area contributed by atoms with Gasteiger partial charge in [-0.3, -0.25) is 4.79 Å². The predicted octanol–water partition coefficient (Wildman–Crippen LogP) is 5.58. The van der Waals surface area contributed by atoms with E-state index in [9.17, 15) is 4.79 Å². The first-order chi connectivity index (χ1) is 14.2. The van der Waals surface area contributed by atoms with E-state index in [0.717, 1.165) is 11.1 Å². The number of methoxy groups -OCH3 is 1. The third-order valence-corrected chi connectivity index (χ3v) is 4.57. The van der Waals surface area contributed by atoms with Crippen molar-refractivity contribution < 1.29 is 13.9 Å². The fourth-order valence-corrected chi connectivity index (χ4v) is 3.11. The molecule has 5 heteroatoms. The van der Waals surface area contributed by atoms with Gasteiger partial charge < -0.3 is 14.5 Å². The van der Waals surface area contributed by atoms with Crippen molar-refractivity contribution in [1.82, 2.24) is 4.98 Å². The zero-order valence-electron chi connectivity index (χ0n) is 16.2. The van der Waals surface area contributed by atoms with Crippen LogP contribution in [0.2, 0.25) is 0 Å². The average Bonchev–Trinajstić information content (AvgIpc) is 3.25. The molecule has 3 aromatic carbocycles. The Morgan fingerprint density at radius 1 is 1.00 bits per heavy atom. The van der Waals surface area contributed by atoms with E-state index < -0.39 is 0 Å². The molecule has 0 fully saturated rings. The number of amides is 1. The molecule has 0 radical (unpaired) electrons. The zero-order valence-corrected chi connectivity index (χ0v) is 16.2. The second-order valence-corrected chi connectivity index (χ2v) is 6.60. The summed E-state index contributed by atoms with van der Waals surface area (Å²) in [6, 6.07) is 22.6. The van der Waals surface area contributed by atoms with Crippen LogP contribution in [0.5, 0.6) is 5.75 Å². The highest BCUT2D eigenvalue weighted by Gasteiger charge is 2.18. The number of hydrogen-bond acceptors (Lipinski definition) is 4. The number of aryl methyl sites for hydroxylation is 1. The number of benzene rings is 3. The Hall–Kier alpha value is -3.86. The molecule has 0 aliphatic heterocycles. The number of ether oxygens (including phenoxy) is 1. The van der Waals surface area contributed by atoms with Gasteiger partial charge in [0.2, 0.25) is 5.89 Å². The SMILES string of the molecule is COc1ccc(C)cc1NC(=O)c1ccccc1-c1ncc(-c2ccccc2)o1. The van der Waals surface area contributed by atoms with Crippen LogP contribution in [0.1, 0.15) is 15.9 Å². The van der Waals surface area contributed by atoms with E-state index in [1.807, 2.05) is 73.7 Å². The quantitative estimate of drug-likeness (QED) is 0.488. The average molecular weight is 384 g/mol. The van der Waals surface area contributed by atoms with Crippen LogP contribution >= 0.6 is 0 Å². The molecule has 1 N–H and O–H groups in total. The Labute approximate surface area is 169 Å². The molecular weight excluding hydrogens is 364 g/mol. The van der Waals surface area contributed by atoms with Gasteiger partial charge in [0.05, 0.1) is 24.6 Å². The topological polar surface area (TPSA) is 64.4 Å². The van der Waals surface area contributed by atoms with Crippen molar-refractivity contribution in [3.63, 3.8) is 0 Å². The number of anilines is 1. The van der Waals surface area contributed by atoms with E-state index in [2.05, 4.69) is 10.3 Å². The van der Waals surface area contributed by atoms with Crippen molar-refractivity contribution in [2.75, 3.05) is 12.4 Å². The van der Waals surface area contributed by atoms with Gasteiger partial charge in [0.1, 0.15) is 5.75 Å². The summed E-state index contributed by atoms with van der Waals surface area (Å²) in [4.78, 5) is 17.4. The Balaban J connectivity index is 1.67. The number of carbonyl (C=O) groups excluding carboxylic acids is 1. The number of rotatable bonds is 5. The summed E-state index contributed by atoms with van der Waals surface area (Å²) in [5, 5.41) is 2.93. The molecular formula is C24H20N2O3. The summed E-state index contributed by atoms with van der Waals surface area (Å²) in [6.45, 7) is 1.96. The highest BCUT2D eigenvalue weighted by atomic mass is 16.5. The molecule has 29 heavy (non-hydrogen) atoms. The molecule has 0 saturated carbocycles. The maximum atomic E-state index is 13.0. The smallest absolute Gasteiger partial charge is 0.256 e. The summed E-state index contributed by atoms with van der Waals surface area (Å²) in [7, 11) is 1.58. The maximum absolute atomic E-state index is 13.0. The van der Waals surface area contributed by atoms with Crippen LogP contribution in [0.15, 0.2) is 83.4 Å². The van der Waals surface area contributed by atoms with E-state index >= 15 is 0 Å². The van der Waals surface area contributed by atoms with Crippen LogP contribution in [-0.4, -0.2) is 18.0 Å². The monoisotopic (exact) mass is 384 g/mol. The van der Waals surface area contributed by atoms with Crippen molar-refractivity contribution in [1.29, 1.82) is 0 Å². The molecule has 0 bridgehead atoms. The van der Waals surface area contributed by atoms with Crippen LogP contribution < -0.4 is 10.1 Å². The van der Waals surface area contributed by atoms with Gasteiger partial charge in [-0.25, -0.2) is 4.98 Å². The standard InChI is InChI=1S/C24H20N2O3/c1-16-12-13-21(28-2)20(14-16)26-23(27)18-10-6-7-11-19(18)24-25-15-22(29-24)17-8-4-3-5-9-17/h3-15H,1-2H3,(H,26,27). The lowest BCUT2D eigenvalue weighted by Crippen LogP contribution is -2.14. The third kappa shape index (κ3) is 3.89. The van der Waals surface area contributed by atoms with Gasteiger partial charge in [-0.15, -0.1) is 0 Å². The van der Waals surface area contributed by atoms with E-state index in [0.29, 0.717) is 34.2 Å². The first kappa shape index (κ1) is 18.5. The fraction of sp³-hybridized carbons (Fsp3) is 0.0833. The predicted molar refractivity (Wildman–Crippen MR) is 113 cm³/mol. The molecule has 1 heterocycles. The van der Waals surface area contributed by atoms with Crippen molar-refractivity contribution in [2.45, 2.75) is 6.92 Å². The second-order valence-electron chi connectivity index (χ2n) is 6.60. The highest BCUT2D eigenvalue weighted by Crippen LogP contribution is 2.30. The summed E-state index contributed by atoms with van der Waals surface area (Å²) in [5.74, 6) is 1.38. The van der Waals surface area contributed by atoms with Crippen LogP contribution in [0.3, 0.4) is 0 Å². The molecule has 0 saturated heterocycles.